The molecule has 0 radical (unpaired) electrons. The van der Waals surface area contributed by atoms with E-state index in [1.807, 2.05) is 20.8 Å². The predicted octanol–water partition coefficient (Wildman–Crippen LogP) is 2.31. The van der Waals surface area contributed by atoms with Crippen LogP contribution in [0.1, 0.15) is 32.4 Å². The Kier molecular flexibility index (Phi) is 3.58. The second-order valence-electron chi connectivity index (χ2n) is 4.00. The largest absolute Gasteiger partial charge is 0.327 e. The first-order valence-electron chi connectivity index (χ1n) is 4.90. The standard InChI is InChI=1S/C11H17FN2/c1-7(2)10(8(3)13)11-9(12)5-4-6-14-11/h4-8,10H,13H2,1-3H3. The van der Waals surface area contributed by atoms with Crippen molar-refractivity contribution in [3.8, 4) is 0 Å². The number of hydrogen-bond acceptors (Lipinski definition) is 2. The van der Waals surface area contributed by atoms with Crippen molar-refractivity contribution in [3.63, 3.8) is 0 Å². The fraction of sp³-hybridized carbons (Fsp3) is 0.545. The molecule has 0 fully saturated rings. The van der Waals surface area contributed by atoms with Gasteiger partial charge < -0.3 is 5.73 Å². The molecule has 2 N–H and O–H groups in total. The van der Waals surface area contributed by atoms with Gasteiger partial charge in [0.15, 0.2) is 0 Å². The van der Waals surface area contributed by atoms with Crippen LogP contribution in [0.15, 0.2) is 18.3 Å². The molecule has 0 aliphatic carbocycles. The van der Waals surface area contributed by atoms with Crippen LogP contribution in [0.3, 0.4) is 0 Å². The Hall–Kier alpha value is -0.960. The van der Waals surface area contributed by atoms with Gasteiger partial charge in [0.2, 0.25) is 0 Å². The van der Waals surface area contributed by atoms with E-state index in [1.165, 1.54) is 6.07 Å². The Balaban J connectivity index is 3.05. The topological polar surface area (TPSA) is 38.9 Å². The number of aromatic nitrogens is 1. The molecule has 0 saturated heterocycles. The van der Waals surface area contributed by atoms with E-state index in [2.05, 4.69) is 4.98 Å². The van der Waals surface area contributed by atoms with E-state index in [-0.39, 0.29) is 17.8 Å². The Morgan fingerprint density at radius 2 is 2.00 bits per heavy atom. The lowest BCUT2D eigenvalue weighted by atomic mass is 9.86. The van der Waals surface area contributed by atoms with Crippen molar-refractivity contribution in [3.05, 3.63) is 29.8 Å². The van der Waals surface area contributed by atoms with E-state index in [9.17, 15) is 4.39 Å². The third-order valence-corrected chi connectivity index (χ3v) is 2.39. The van der Waals surface area contributed by atoms with Gasteiger partial charge >= 0.3 is 0 Å². The van der Waals surface area contributed by atoms with Gasteiger partial charge in [-0.2, -0.15) is 0 Å². The Morgan fingerprint density at radius 3 is 2.43 bits per heavy atom. The molecule has 0 aliphatic rings. The predicted molar refractivity (Wildman–Crippen MR) is 55.4 cm³/mol. The van der Waals surface area contributed by atoms with E-state index in [0.29, 0.717) is 11.6 Å². The molecule has 1 rings (SSSR count). The molecule has 0 saturated carbocycles. The van der Waals surface area contributed by atoms with Gasteiger partial charge in [0, 0.05) is 18.2 Å². The lowest BCUT2D eigenvalue weighted by molar-refractivity contribution is 0.408. The molecule has 0 aromatic carbocycles. The van der Waals surface area contributed by atoms with Crippen molar-refractivity contribution in [1.29, 1.82) is 0 Å². The Bertz CT molecular complexity index is 289. The van der Waals surface area contributed by atoms with E-state index in [1.54, 1.807) is 12.3 Å². The lowest BCUT2D eigenvalue weighted by Gasteiger charge is -2.24. The molecular formula is C11H17FN2. The minimum Gasteiger partial charge on any atom is -0.327 e. The van der Waals surface area contributed by atoms with Crippen LogP contribution in [-0.2, 0) is 0 Å². The number of rotatable bonds is 3. The molecule has 2 atom stereocenters. The summed E-state index contributed by atoms with van der Waals surface area (Å²) in [7, 11) is 0. The maximum absolute atomic E-state index is 13.4. The number of halogens is 1. The first-order valence-corrected chi connectivity index (χ1v) is 4.90. The van der Waals surface area contributed by atoms with Crippen LogP contribution in [0, 0.1) is 11.7 Å². The fourth-order valence-corrected chi connectivity index (χ4v) is 1.82. The minimum absolute atomic E-state index is 0.0174. The Morgan fingerprint density at radius 1 is 1.36 bits per heavy atom. The van der Waals surface area contributed by atoms with Gasteiger partial charge in [-0.15, -0.1) is 0 Å². The first kappa shape index (κ1) is 11.1. The van der Waals surface area contributed by atoms with Crippen molar-refractivity contribution >= 4 is 0 Å². The summed E-state index contributed by atoms with van der Waals surface area (Å²) in [6.45, 7) is 5.95. The zero-order valence-electron chi connectivity index (χ0n) is 8.87. The second kappa shape index (κ2) is 4.51. The molecule has 1 aromatic rings. The van der Waals surface area contributed by atoms with Gasteiger partial charge in [-0.1, -0.05) is 13.8 Å². The highest BCUT2D eigenvalue weighted by atomic mass is 19.1. The molecule has 78 valence electrons. The maximum atomic E-state index is 13.4. The molecule has 1 aromatic heterocycles. The maximum Gasteiger partial charge on any atom is 0.145 e. The summed E-state index contributed by atoms with van der Waals surface area (Å²) in [5, 5.41) is 0. The normalized spacial score (nSPS) is 15.6. The van der Waals surface area contributed by atoms with E-state index in [4.69, 9.17) is 5.73 Å². The average molecular weight is 196 g/mol. The molecule has 0 aliphatic heterocycles. The van der Waals surface area contributed by atoms with Crippen LogP contribution in [0.2, 0.25) is 0 Å². The van der Waals surface area contributed by atoms with E-state index < -0.39 is 0 Å². The van der Waals surface area contributed by atoms with Crippen LogP contribution >= 0.6 is 0 Å². The monoisotopic (exact) mass is 196 g/mol. The highest BCUT2D eigenvalue weighted by Crippen LogP contribution is 2.26. The number of nitrogens with zero attached hydrogens (tertiary/aromatic N) is 1. The molecule has 1 heterocycles. The van der Waals surface area contributed by atoms with Crippen molar-refractivity contribution in [2.24, 2.45) is 11.7 Å². The fourth-order valence-electron chi connectivity index (χ4n) is 1.82. The lowest BCUT2D eigenvalue weighted by Crippen LogP contribution is -2.29. The summed E-state index contributed by atoms with van der Waals surface area (Å²) in [6.07, 6.45) is 1.61. The highest BCUT2D eigenvalue weighted by molar-refractivity contribution is 5.14. The van der Waals surface area contributed by atoms with E-state index >= 15 is 0 Å². The quantitative estimate of drug-likeness (QED) is 0.805. The van der Waals surface area contributed by atoms with Crippen molar-refractivity contribution in [1.82, 2.24) is 4.98 Å². The van der Waals surface area contributed by atoms with Gasteiger partial charge in [0.05, 0.1) is 5.69 Å². The summed E-state index contributed by atoms with van der Waals surface area (Å²) >= 11 is 0. The van der Waals surface area contributed by atoms with Crippen LogP contribution in [0.5, 0.6) is 0 Å². The zero-order chi connectivity index (χ0) is 10.7. The molecule has 14 heavy (non-hydrogen) atoms. The summed E-state index contributed by atoms with van der Waals surface area (Å²) in [5.41, 5.74) is 6.32. The smallest absolute Gasteiger partial charge is 0.145 e. The Labute approximate surface area is 84.3 Å². The number of nitrogens with two attached hydrogens (primary N) is 1. The molecule has 0 bridgehead atoms. The van der Waals surface area contributed by atoms with Crippen LogP contribution in [0.4, 0.5) is 4.39 Å². The zero-order valence-corrected chi connectivity index (χ0v) is 8.87. The second-order valence-corrected chi connectivity index (χ2v) is 4.00. The summed E-state index contributed by atoms with van der Waals surface area (Å²) < 4.78 is 13.4. The van der Waals surface area contributed by atoms with Gasteiger partial charge in [0.25, 0.3) is 0 Å². The summed E-state index contributed by atoms with van der Waals surface area (Å²) in [4.78, 5) is 4.07. The molecular weight excluding hydrogens is 179 g/mol. The molecule has 0 amide bonds. The van der Waals surface area contributed by atoms with Crippen molar-refractivity contribution in [2.75, 3.05) is 0 Å². The first-order chi connectivity index (χ1) is 6.54. The molecule has 3 heteroatoms. The van der Waals surface area contributed by atoms with Gasteiger partial charge in [-0.05, 0) is 25.0 Å². The summed E-state index contributed by atoms with van der Waals surface area (Å²) in [5.74, 6) is 0.0131. The average Bonchev–Trinajstić information content (AvgIpc) is 2.07. The molecule has 2 unspecified atom stereocenters. The molecule has 2 nitrogen and oxygen atoms in total. The number of hydrogen-bond donors (Lipinski definition) is 1. The SMILES string of the molecule is CC(C)C(c1ncccc1F)C(C)N. The van der Waals surface area contributed by atoms with Gasteiger partial charge in [-0.25, -0.2) is 4.39 Å². The van der Waals surface area contributed by atoms with Crippen LogP contribution in [-0.4, -0.2) is 11.0 Å². The minimum atomic E-state index is -0.261. The van der Waals surface area contributed by atoms with E-state index in [0.717, 1.165) is 0 Å². The third-order valence-electron chi connectivity index (χ3n) is 2.39. The summed E-state index contributed by atoms with van der Waals surface area (Å²) in [6, 6.07) is 2.94. The number of pyridine rings is 1. The van der Waals surface area contributed by atoms with Crippen LogP contribution < -0.4 is 5.73 Å². The van der Waals surface area contributed by atoms with Gasteiger partial charge in [0.1, 0.15) is 5.82 Å². The molecule has 0 spiro atoms. The highest BCUT2D eigenvalue weighted by Gasteiger charge is 2.23. The van der Waals surface area contributed by atoms with Gasteiger partial charge in [-0.3, -0.25) is 4.98 Å². The third kappa shape index (κ3) is 2.29. The van der Waals surface area contributed by atoms with Crippen molar-refractivity contribution < 1.29 is 4.39 Å². The van der Waals surface area contributed by atoms with Crippen LogP contribution in [0.25, 0.3) is 0 Å². The van der Waals surface area contributed by atoms with Crippen molar-refractivity contribution in [2.45, 2.75) is 32.7 Å².